The maximum absolute atomic E-state index is 12.6. The summed E-state index contributed by atoms with van der Waals surface area (Å²) in [6, 6.07) is 18.0. The van der Waals surface area contributed by atoms with E-state index in [1.165, 1.54) is 16.6 Å². The number of nitrogens with zero attached hydrogens (tertiary/aromatic N) is 2. The minimum atomic E-state index is -0.143. The van der Waals surface area contributed by atoms with Crippen LogP contribution < -0.4 is 5.32 Å². The molecule has 5 nitrogen and oxygen atoms in total. The third kappa shape index (κ3) is 4.89. The van der Waals surface area contributed by atoms with Crippen LogP contribution in [0.3, 0.4) is 0 Å². The molecule has 1 atom stereocenters. The zero-order valence-electron chi connectivity index (χ0n) is 14.9. The highest BCUT2D eigenvalue weighted by molar-refractivity contribution is 7.99. The van der Waals surface area contributed by atoms with Crippen molar-refractivity contribution in [3.63, 3.8) is 0 Å². The Bertz CT molecular complexity index is 997. The van der Waals surface area contributed by atoms with Gasteiger partial charge in [0.05, 0.1) is 11.8 Å². The van der Waals surface area contributed by atoms with Gasteiger partial charge < -0.3 is 5.32 Å². The first-order valence-electron chi connectivity index (χ1n) is 8.72. The van der Waals surface area contributed by atoms with Crippen molar-refractivity contribution in [2.75, 3.05) is 5.75 Å². The normalized spacial score (nSPS) is 12.0. The van der Waals surface area contributed by atoms with Crippen LogP contribution in [0.25, 0.3) is 0 Å². The number of thioether (sulfide) groups is 1. The summed E-state index contributed by atoms with van der Waals surface area (Å²) >= 11 is 4.67. The zero-order valence-corrected chi connectivity index (χ0v) is 17.3. The molecule has 0 fully saturated rings. The van der Waals surface area contributed by atoms with E-state index in [0.717, 1.165) is 22.7 Å². The summed E-state index contributed by atoms with van der Waals surface area (Å²) in [5.74, 6) is 1.04. The number of thiophene rings is 2. The Morgan fingerprint density at radius 3 is 2.64 bits per heavy atom. The molecule has 4 aromatic rings. The molecule has 1 aromatic carbocycles. The molecule has 1 unspecified atom stereocenters. The van der Waals surface area contributed by atoms with Crippen molar-refractivity contribution in [2.24, 2.45) is 0 Å². The van der Waals surface area contributed by atoms with E-state index < -0.39 is 0 Å². The van der Waals surface area contributed by atoms with Gasteiger partial charge >= 0.3 is 0 Å². The van der Waals surface area contributed by atoms with Crippen LogP contribution in [0.5, 0.6) is 0 Å². The second-order valence-corrected chi connectivity index (χ2v) is 8.99. The monoisotopic (exact) mass is 426 g/mol. The van der Waals surface area contributed by atoms with Crippen LogP contribution in [0.2, 0.25) is 0 Å². The van der Waals surface area contributed by atoms with Crippen LogP contribution in [0.4, 0.5) is 0 Å². The average molecular weight is 427 g/mol. The third-order valence-electron chi connectivity index (χ3n) is 4.03. The highest BCUT2D eigenvalue weighted by Crippen LogP contribution is 2.26. The number of amides is 1. The maximum atomic E-state index is 12.6. The molecule has 0 aliphatic carbocycles. The second kappa shape index (κ2) is 9.18. The molecule has 0 aliphatic rings. The van der Waals surface area contributed by atoms with Gasteiger partial charge in [0.25, 0.3) is 0 Å². The van der Waals surface area contributed by atoms with Gasteiger partial charge in [0, 0.05) is 16.2 Å². The summed E-state index contributed by atoms with van der Waals surface area (Å²) in [6.45, 7) is 0. The number of aromatic amines is 1. The number of carbonyl (C=O) groups is 1. The number of hydrogen-bond donors (Lipinski definition) is 2. The predicted octanol–water partition coefficient (Wildman–Crippen LogP) is 4.52. The first-order chi connectivity index (χ1) is 13.8. The fourth-order valence-electron chi connectivity index (χ4n) is 2.75. The molecular weight excluding hydrogens is 408 g/mol. The number of rotatable bonds is 8. The van der Waals surface area contributed by atoms with Gasteiger partial charge in [-0.15, -0.1) is 27.8 Å². The number of hydrogen-bond acceptors (Lipinski definition) is 6. The topological polar surface area (TPSA) is 70.7 Å². The van der Waals surface area contributed by atoms with Crippen molar-refractivity contribution < 1.29 is 4.79 Å². The van der Waals surface area contributed by atoms with Crippen molar-refractivity contribution >= 4 is 40.3 Å². The molecule has 0 radical (unpaired) electrons. The van der Waals surface area contributed by atoms with E-state index in [-0.39, 0.29) is 17.7 Å². The number of H-pyrrole nitrogens is 1. The molecule has 0 saturated heterocycles. The van der Waals surface area contributed by atoms with Gasteiger partial charge in [-0.3, -0.25) is 9.89 Å². The number of benzene rings is 1. The lowest BCUT2D eigenvalue weighted by atomic mass is 10.1. The molecule has 8 heteroatoms. The molecule has 3 aromatic heterocycles. The SMILES string of the molecule is O=C(CSc1n[nH]c(Cc2cccs2)n1)NC(c1ccccc1)c1cccs1. The molecule has 2 N–H and O–H groups in total. The van der Waals surface area contributed by atoms with E-state index in [9.17, 15) is 4.79 Å². The van der Waals surface area contributed by atoms with Crippen molar-refractivity contribution in [1.82, 2.24) is 20.5 Å². The molecular formula is C20H18N4OS3. The second-order valence-electron chi connectivity index (χ2n) is 6.04. The Balaban J connectivity index is 1.36. The first kappa shape index (κ1) is 18.9. The minimum Gasteiger partial charge on any atom is -0.344 e. The lowest BCUT2D eigenvalue weighted by molar-refractivity contribution is -0.119. The van der Waals surface area contributed by atoms with Crippen LogP contribution >= 0.6 is 34.4 Å². The molecule has 3 heterocycles. The fraction of sp³-hybridized carbons (Fsp3) is 0.150. The molecule has 1 amide bonds. The van der Waals surface area contributed by atoms with Gasteiger partial charge in [-0.1, -0.05) is 54.2 Å². The van der Waals surface area contributed by atoms with E-state index in [1.807, 2.05) is 59.3 Å². The Kier molecular flexibility index (Phi) is 6.20. The molecule has 0 spiro atoms. The fourth-order valence-corrected chi connectivity index (χ4v) is 4.89. The van der Waals surface area contributed by atoms with E-state index in [0.29, 0.717) is 5.16 Å². The van der Waals surface area contributed by atoms with Crippen molar-refractivity contribution in [3.05, 3.63) is 86.5 Å². The summed E-state index contributed by atoms with van der Waals surface area (Å²) in [5, 5.41) is 15.0. The van der Waals surface area contributed by atoms with Crippen LogP contribution in [0, 0.1) is 0 Å². The van der Waals surface area contributed by atoms with E-state index >= 15 is 0 Å². The van der Waals surface area contributed by atoms with Crippen molar-refractivity contribution in [3.8, 4) is 0 Å². The summed E-state index contributed by atoms with van der Waals surface area (Å²) in [4.78, 5) is 19.4. The largest absolute Gasteiger partial charge is 0.344 e. The van der Waals surface area contributed by atoms with E-state index in [2.05, 4.69) is 26.6 Å². The Labute approximate surface area is 175 Å². The maximum Gasteiger partial charge on any atom is 0.231 e. The van der Waals surface area contributed by atoms with E-state index in [4.69, 9.17) is 0 Å². The Hall–Kier alpha value is -2.42. The van der Waals surface area contributed by atoms with E-state index in [1.54, 1.807) is 22.7 Å². The third-order valence-corrected chi connectivity index (χ3v) is 6.69. The molecule has 0 aliphatic heterocycles. The number of carbonyl (C=O) groups excluding carboxylic acids is 1. The van der Waals surface area contributed by atoms with Crippen molar-refractivity contribution in [1.29, 1.82) is 0 Å². The Morgan fingerprint density at radius 1 is 1.07 bits per heavy atom. The molecule has 142 valence electrons. The summed E-state index contributed by atoms with van der Waals surface area (Å²) in [7, 11) is 0. The van der Waals surface area contributed by atoms with Crippen molar-refractivity contribution in [2.45, 2.75) is 17.6 Å². The molecule has 4 rings (SSSR count). The first-order valence-corrected chi connectivity index (χ1v) is 11.5. The van der Waals surface area contributed by atoms with Crippen LogP contribution in [0.15, 0.2) is 70.5 Å². The summed E-state index contributed by atoms with van der Waals surface area (Å²) < 4.78 is 0. The summed E-state index contributed by atoms with van der Waals surface area (Å²) in [5.41, 5.74) is 1.07. The lowest BCUT2D eigenvalue weighted by Gasteiger charge is -2.17. The molecule has 28 heavy (non-hydrogen) atoms. The Morgan fingerprint density at radius 2 is 1.89 bits per heavy atom. The van der Waals surface area contributed by atoms with Gasteiger partial charge in [-0.2, -0.15) is 0 Å². The lowest BCUT2D eigenvalue weighted by Crippen LogP contribution is -2.30. The highest BCUT2D eigenvalue weighted by Gasteiger charge is 2.18. The molecule has 0 bridgehead atoms. The zero-order chi connectivity index (χ0) is 19.2. The van der Waals surface area contributed by atoms with Gasteiger partial charge in [-0.05, 0) is 28.5 Å². The van der Waals surface area contributed by atoms with Gasteiger partial charge in [0.15, 0.2) is 0 Å². The smallest absolute Gasteiger partial charge is 0.231 e. The predicted molar refractivity (Wildman–Crippen MR) is 115 cm³/mol. The van der Waals surface area contributed by atoms with Gasteiger partial charge in [-0.25, -0.2) is 4.98 Å². The summed E-state index contributed by atoms with van der Waals surface area (Å²) in [6.07, 6.45) is 0.728. The standard InChI is InChI=1S/C20H18N4OS3/c25-18(13-28-20-21-17(23-24-20)12-15-8-4-10-26-15)22-19(16-9-5-11-27-16)14-6-2-1-3-7-14/h1-11,19H,12-13H2,(H,22,25)(H,21,23,24). The van der Waals surface area contributed by atoms with Gasteiger partial charge in [0.2, 0.25) is 11.1 Å². The van der Waals surface area contributed by atoms with Gasteiger partial charge in [0.1, 0.15) is 5.82 Å². The number of aromatic nitrogens is 3. The quantitative estimate of drug-likeness (QED) is 0.407. The molecule has 0 saturated carbocycles. The van der Waals surface area contributed by atoms with Crippen LogP contribution in [-0.4, -0.2) is 26.8 Å². The minimum absolute atomic E-state index is 0.0446. The van der Waals surface area contributed by atoms with Crippen LogP contribution in [-0.2, 0) is 11.2 Å². The average Bonchev–Trinajstić information content (AvgIpc) is 3.49. The number of nitrogens with one attached hydrogen (secondary N) is 2. The van der Waals surface area contributed by atoms with Crippen LogP contribution in [0.1, 0.15) is 27.2 Å². The highest BCUT2D eigenvalue weighted by atomic mass is 32.2.